The van der Waals surface area contributed by atoms with Crippen LogP contribution in [-0.2, 0) is 0 Å². The van der Waals surface area contributed by atoms with E-state index in [9.17, 15) is 0 Å². The maximum absolute atomic E-state index is 8.85. The highest BCUT2D eigenvalue weighted by Gasteiger charge is 2.14. The van der Waals surface area contributed by atoms with E-state index < -0.39 is 0 Å². The van der Waals surface area contributed by atoms with E-state index >= 15 is 0 Å². The first-order valence-corrected chi connectivity index (χ1v) is 6.91. The molecule has 2 aromatic heterocycles. The average molecular weight is 322 g/mol. The molecule has 1 aromatic carbocycles. The summed E-state index contributed by atoms with van der Waals surface area (Å²) < 4.78 is 8.33. The number of halogens is 2. The van der Waals surface area contributed by atoms with E-state index in [2.05, 4.69) is 19.0 Å². The van der Waals surface area contributed by atoms with Crippen molar-refractivity contribution < 1.29 is 0 Å². The van der Waals surface area contributed by atoms with Gasteiger partial charge in [-0.3, -0.25) is 0 Å². The highest BCUT2D eigenvalue weighted by Crippen LogP contribution is 2.36. The van der Waals surface area contributed by atoms with Gasteiger partial charge in [-0.2, -0.15) is 14.0 Å². The van der Waals surface area contributed by atoms with Crippen molar-refractivity contribution in [3.63, 3.8) is 0 Å². The summed E-state index contributed by atoms with van der Waals surface area (Å²) in [7, 11) is 0. The van der Waals surface area contributed by atoms with Crippen LogP contribution >= 0.6 is 34.9 Å². The van der Waals surface area contributed by atoms with Crippen LogP contribution in [-0.4, -0.2) is 13.7 Å². The Morgan fingerprint density at radius 3 is 2.75 bits per heavy atom. The summed E-state index contributed by atoms with van der Waals surface area (Å²) in [5, 5.41) is 12.9. The number of aromatic nitrogens is 3. The predicted molar refractivity (Wildman–Crippen MR) is 79.7 cm³/mol. The lowest BCUT2D eigenvalue weighted by Crippen LogP contribution is -1.94. The van der Waals surface area contributed by atoms with Crippen molar-refractivity contribution in [1.29, 1.82) is 5.26 Å². The van der Waals surface area contributed by atoms with Crippen LogP contribution in [0.5, 0.6) is 0 Å². The van der Waals surface area contributed by atoms with Crippen molar-refractivity contribution in [2.24, 2.45) is 0 Å². The van der Waals surface area contributed by atoms with Gasteiger partial charge in [0.25, 0.3) is 0 Å². The molecule has 0 bridgehead atoms. The molecule has 0 radical (unpaired) electrons. The maximum atomic E-state index is 8.85. The van der Waals surface area contributed by atoms with Crippen LogP contribution in [0.1, 0.15) is 5.69 Å². The van der Waals surface area contributed by atoms with Gasteiger partial charge in [-0.15, -0.1) is 0 Å². The van der Waals surface area contributed by atoms with E-state index in [1.54, 1.807) is 24.4 Å². The van der Waals surface area contributed by atoms with E-state index in [0.29, 0.717) is 38.1 Å². The Labute approximate surface area is 128 Å². The van der Waals surface area contributed by atoms with Gasteiger partial charge in [0.1, 0.15) is 22.8 Å². The van der Waals surface area contributed by atoms with E-state index in [4.69, 9.17) is 28.5 Å². The number of hydrogen-bond donors (Lipinski definition) is 1. The molecule has 0 aliphatic rings. The van der Waals surface area contributed by atoms with Crippen molar-refractivity contribution >= 4 is 57.3 Å². The summed E-state index contributed by atoms with van der Waals surface area (Å²) in [6, 6.07) is 6.95. The van der Waals surface area contributed by atoms with Crippen molar-refractivity contribution in [3.05, 3.63) is 40.1 Å². The molecule has 0 spiro atoms. The van der Waals surface area contributed by atoms with Crippen LogP contribution in [0.25, 0.3) is 11.0 Å². The smallest absolute Gasteiger partial charge is 0.142 e. The first kappa shape index (κ1) is 13.1. The average Bonchev–Trinajstić information content (AvgIpc) is 2.93. The number of benzene rings is 1. The number of anilines is 2. The fraction of sp³-hybridized carbons (Fsp3) is 0. The topological polar surface area (TPSA) is 74.5 Å². The van der Waals surface area contributed by atoms with Crippen molar-refractivity contribution in [3.8, 4) is 6.07 Å². The summed E-state index contributed by atoms with van der Waals surface area (Å²) in [6.07, 6.45) is 1.54. The molecule has 0 unspecified atom stereocenters. The third-order valence-corrected chi connectivity index (χ3v) is 3.70. The van der Waals surface area contributed by atoms with Gasteiger partial charge in [0, 0.05) is 11.9 Å². The van der Waals surface area contributed by atoms with Crippen LogP contribution in [0.2, 0.25) is 10.0 Å². The molecule has 0 amide bonds. The van der Waals surface area contributed by atoms with E-state index in [0.717, 1.165) is 11.7 Å². The number of nitriles is 1. The van der Waals surface area contributed by atoms with Crippen molar-refractivity contribution in [2.45, 2.75) is 0 Å². The molecule has 3 rings (SSSR count). The Hall–Kier alpha value is -1.94. The number of fused-ring (bicyclic) bond motifs is 1. The Bertz CT molecular complexity index is 839. The zero-order valence-corrected chi connectivity index (χ0v) is 12.1. The molecule has 98 valence electrons. The van der Waals surface area contributed by atoms with Gasteiger partial charge in [0.05, 0.1) is 27.5 Å². The normalized spacial score (nSPS) is 10.4. The van der Waals surface area contributed by atoms with Crippen LogP contribution in [0.4, 0.5) is 11.4 Å². The minimum atomic E-state index is 0.313. The lowest BCUT2D eigenvalue weighted by atomic mass is 10.2. The van der Waals surface area contributed by atoms with Crippen LogP contribution < -0.4 is 5.32 Å². The fourth-order valence-corrected chi connectivity index (χ4v) is 2.87. The predicted octanol–water partition coefficient (Wildman–Crippen LogP) is 4.01. The monoisotopic (exact) mass is 321 g/mol. The van der Waals surface area contributed by atoms with Gasteiger partial charge in [-0.25, -0.2) is 4.98 Å². The van der Waals surface area contributed by atoms with Crippen molar-refractivity contribution in [2.75, 3.05) is 5.32 Å². The van der Waals surface area contributed by atoms with Gasteiger partial charge in [-0.05, 0) is 18.2 Å². The molecular formula is C12H5Cl2N5S. The third-order valence-electron chi connectivity index (χ3n) is 2.59. The Kier molecular flexibility index (Phi) is 3.40. The Morgan fingerprint density at radius 1 is 1.15 bits per heavy atom. The highest BCUT2D eigenvalue weighted by molar-refractivity contribution is 7.00. The lowest BCUT2D eigenvalue weighted by Gasteiger charge is -2.09. The van der Waals surface area contributed by atoms with Gasteiger partial charge in [0.15, 0.2) is 0 Å². The van der Waals surface area contributed by atoms with E-state index in [1.807, 2.05) is 6.07 Å². The largest absolute Gasteiger partial charge is 0.352 e. The Morgan fingerprint density at radius 2 is 1.95 bits per heavy atom. The van der Waals surface area contributed by atoms with Crippen LogP contribution in [0.15, 0.2) is 24.4 Å². The number of pyridine rings is 1. The standard InChI is InChI=1S/C12H5Cl2N5S/c13-8-4-9(14)11-12(19-20-18-11)10(8)17-6-1-2-16-7(3-6)5-15/h1-4H,(H,16,17). The molecule has 3 aromatic rings. The molecule has 0 aliphatic heterocycles. The summed E-state index contributed by atoms with van der Waals surface area (Å²) in [5.41, 5.74) is 2.80. The third kappa shape index (κ3) is 2.27. The van der Waals surface area contributed by atoms with Gasteiger partial charge in [-0.1, -0.05) is 23.2 Å². The van der Waals surface area contributed by atoms with Gasteiger partial charge < -0.3 is 5.32 Å². The number of hydrogen-bond acceptors (Lipinski definition) is 6. The molecule has 5 nitrogen and oxygen atoms in total. The summed E-state index contributed by atoms with van der Waals surface area (Å²) >= 11 is 13.3. The summed E-state index contributed by atoms with van der Waals surface area (Å²) in [6.45, 7) is 0. The second-order valence-electron chi connectivity index (χ2n) is 3.84. The number of nitrogens with one attached hydrogen (secondary N) is 1. The Balaban J connectivity index is 2.11. The molecule has 0 atom stereocenters. The second kappa shape index (κ2) is 5.21. The summed E-state index contributed by atoms with van der Waals surface area (Å²) in [4.78, 5) is 3.91. The second-order valence-corrected chi connectivity index (χ2v) is 5.19. The molecule has 0 fully saturated rings. The van der Waals surface area contributed by atoms with Crippen molar-refractivity contribution in [1.82, 2.24) is 13.7 Å². The van der Waals surface area contributed by atoms with Crippen LogP contribution in [0.3, 0.4) is 0 Å². The lowest BCUT2D eigenvalue weighted by molar-refractivity contribution is 1.26. The first-order chi connectivity index (χ1) is 9.69. The zero-order valence-electron chi connectivity index (χ0n) is 9.76. The molecular weight excluding hydrogens is 317 g/mol. The summed E-state index contributed by atoms with van der Waals surface area (Å²) in [5.74, 6) is 0. The number of nitrogens with zero attached hydrogens (tertiary/aromatic N) is 4. The van der Waals surface area contributed by atoms with E-state index in [1.165, 1.54) is 0 Å². The van der Waals surface area contributed by atoms with E-state index in [-0.39, 0.29) is 0 Å². The molecule has 2 heterocycles. The SMILES string of the molecule is N#Cc1cc(Nc2c(Cl)cc(Cl)c3nsnc23)ccn1. The molecule has 0 saturated heterocycles. The highest BCUT2D eigenvalue weighted by atomic mass is 35.5. The minimum Gasteiger partial charge on any atom is -0.352 e. The molecule has 0 saturated carbocycles. The molecule has 1 N–H and O–H groups in total. The number of rotatable bonds is 2. The van der Waals surface area contributed by atoms with Gasteiger partial charge >= 0.3 is 0 Å². The molecule has 20 heavy (non-hydrogen) atoms. The first-order valence-electron chi connectivity index (χ1n) is 5.42. The quantitative estimate of drug-likeness (QED) is 0.771. The maximum Gasteiger partial charge on any atom is 0.142 e. The fourth-order valence-electron chi connectivity index (χ4n) is 1.71. The zero-order chi connectivity index (χ0) is 14.1. The van der Waals surface area contributed by atoms with Gasteiger partial charge in [0.2, 0.25) is 0 Å². The van der Waals surface area contributed by atoms with Crippen LogP contribution in [0, 0.1) is 11.3 Å². The molecule has 8 heteroatoms. The molecule has 0 aliphatic carbocycles. The minimum absolute atomic E-state index is 0.313.